The van der Waals surface area contributed by atoms with Crippen LogP contribution in [0.2, 0.25) is 0 Å². The molecular formula is C10H10F6O2. The quantitative estimate of drug-likeness (QED) is 0.688. The van der Waals surface area contributed by atoms with Gasteiger partial charge >= 0.3 is 12.4 Å². The van der Waals surface area contributed by atoms with E-state index in [9.17, 15) is 31.4 Å². The molecule has 2 saturated carbocycles. The summed E-state index contributed by atoms with van der Waals surface area (Å²) in [7, 11) is 0. The predicted octanol–water partition coefficient (Wildman–Crippen LogP) is 2.27. The first kappa shape index (κ1) is 12.5. The van der Waals surface area contributed by atoms with Gasteiger partial charge in [-0.3, -0.25) is 0 Å². The normalized spacial score (nSPS) is 45.8. The van der Waals surface area contributed by atoms with E-state index in [0.29, 0.717) is 0 Å². The maximum absolute atomic E-state index is 12.9. The Morgan fingerprint density at radius 1 is 1.00 bits per heavy atom. The largest absolute Gasteiger partial charge is 0.426 e. The van der Waals surface area contributed by atoms with Crippen LogP contribution in [0.3, 0.4) is 0 Å². The van der Waals surface area contributed by atoms with Crippen molar-refractivity contribution in [3.8, 4) is 0 Å². The molecule has 0 spiro atoms. The van der Waals surface area contributed by atoms with Crippen LogP contribution in [0.5, 0.6) is 0 Å². The molecule has 0 radical (unpaired) electrons. The Morgan fingerprint density at radius 3 is 1.94 bits per heavy atom. The number of halogens is 6. The third-order valence-corrected chi connectivity index (χ3v) is 4.58. The van der Waals surface area contributed by atoms with Gasteiger partial charge in [0, 0.05) is 5.92 Å². The van der Waals surface area contributed by atoms with Gasteiger partial charge in [-0.05, 0) is 24.7 Å². The lowest BCUT2D eigenvalue weighted by molar-refractivity contribution is -0.385. The summed E-state index contributed by atoms with van der Waals surface area (Å²) in [4.78, 5) is 0. The van der Waals surface area contributed by atoms with Crippen molar-refractivity contribution in [2.45, 2.75) is 43.0 Å². The number of hydrogen-bond donors (Lipinski definition) is 1. The fourth-order valence-electron chi connectivity index (χ4n) is 3.92. The lowest BCUT2D eigenvalue weighted by Gasteiger charge is -2.36. The second-order valence-corrected chi connectivity index (χ2v) is 5.31. The second-order valence-electron chi connectivity index (χ2n) is 5.31. The van der Waals surface area contributed by atoms with Gasteiger partial charge in [-0.15, -0.1) is 0 Å². The summed E-state index contributed by atoms with van der Waals surface area (Å²) >= 11 is 0. The van der Waals surface area contributed by atoms with E-state index < -0.39 is 47.9 Å². The molecule has 2 bridgehead atoms. The Kier molecular flexibility index (Phi) is 2.19. The van der Waals surface area contributed by atoms with Crippen LogP contribution in [-0.2, 0) is 4.74 Å². The monoisotopic (exact) mass is 276 g/mol. The zero-order valence-electron chi connectivity index (χ0n) is 8.92. The second kappa shape index (κ2) is 3.15. The molecule has 0 aromatic heterocycles. The molecule has 1 N–H and O–H groups in total. The van der Waals surface area contributed by atoms with Gasteiger partial charge in [0.15, 0.2) is 0 Å². The summed E-state index contributed by atoms with van der Waals surface area (Å²) in [5, 5.41) is 9.61. The summed E-state index contributed by atoms with van der Waals surface area (Å²) in [5.74, 6) is -2.96. The zero-order valence-corrected chi connectivity index (χ0v) is 8.92. The smallest absolute Gasteiger partial charge is 0.390 e. The highest BCUT2D eigenvalue weighted by molar-refractivity contribution is 5.18. The average molecular weight is 276 g/mol. The van der Waals surface area contributed by atoms with Crippen LogP contribution in [0.4, 0.5) is 26.3 Å². The minimum absolute atomic E-state index is 0.185. The van der Waals surface area contributed by atoms with E-state index in [2.05, 4.69) is 4.74 Å². The van der Waals surface area contributed by atoms with Crippen LogP contribution >= 0.6 is 0 Å². The summed E-state index contributed by atoms with van der Waals surface area (Å²) in [6, 6.07) is 0. The molecule has 1 heterocycles. The van der Waals surface area contributed by atoms with Gasteiger partial charge in [0.1, 0.15) is 0 Å². The molecular weight excluding hydrogens is 266 g/mol. The van der Waals surface area contributed by atoms with Crippen LogP contribution in [0.1, 0.15) is 12.8 Å². The highest BCUT2D eigenvalue weighted by Gasteiger charge is 2.84. The van der Waals surface area contributed by atoms with Gasteiger partial charge in [0.05, 0.1) is 12.2 Å². The molecule has 3 aliphatic rings. The first-order chi connectivity index (χ1) is 8.09. The van der Waals surface area contributed by atoms with Crippen LogP contribution in [0, 0.1) is 17.8 Å². The number of aliphatic hydroxyl groups excluding tert-OH is 1. The number of fused-ring (bicyclic) bond motifs is 1. The van der Waals surface area contributed by atoms with Crippen molar-refractivity contribution in [1.29, 1.82) is 0 Å². The molecule has 2 aliphatic carbocycles. The molecule has 1 aliphatic heterocycles. The standard InChI is InChI=1S/C10H10F6O2/c11-9(12,13)8(10(14,15)16)5-2-3-1-4(5)7(18-8)6(3)17/h3-7,17H,1-2H2/t3-,4+,5?,6?,7?/m1/s1. The highest BCUT2D eigenvalue weighted by atomic mass is 19.4. The Labute approximate surface area is 97.9 Å². The molecule has 0 aromatic carbocycles. The van der Waals surface area contributed by atoms with E-state index in [-0.39, 0.29) is 12.8 Å². The molecule has 8 heteroatoms. The minimum Gasteiger partial charge on any atom is -0.390 e. The van der Waals surface area contributed by atoms with E-state index in [4.69, 9.17) is 0 Å². The number of hydrogen-bond acceptors (Lipinski definition) is 2. The van der Waals surface area contributed by atoms with Crippen molar-refractivity contribution in [2.24, 2.45) is 17.8 Å². The first-order valence-corrected chi connectivity index (χ1v) is 5.59. The molecule has 3 unspecified atom stereocenters. The van der Waals surface area contributed by atoms with E-state index in [0.717, 1.165) is 0 Å². The topological polar surface area (TPSA) is 29.5 Å². The lowest BCUT2D eigenvalue weighted by atomic mass is 9.77. The van der Waals surface area contributed by atoms with Gasteiger partial charge in [-0.2, -0.15) is 26.3 Å². The Bertz CT molecular complexity index is 362. The van der Waals surface area contributed by atoms with Crippen molar-refractivity contribution >= 4 is 0 Å². The summed E-state index contributed by atoms with van der Waals surface area (Å²) < 4.78 is 82.0. The summed E-state index contributed by atoms with van der Waals surface area (Å²) in [5.41, 5.74) is -4.10. The summed E-state index contributed by atoms with van der Waals surface area (Å²) in [6.45, 7) is 0. The van der Waals surface area contributed by atoms with E-state index in [1.165, 1.54) is 0 Å². The van der Waals surface area contributed by atoms with Crippen LogP contribution < -0.4 is 0 Å². The van der Waals surface area contributed by atoms with E-state index in [1.54, 1.807) is 0 Å². The van der Waals surface area contributed by atoms with Gasteiger partial charge < -0.3 is 9.84 Å². The number of alkyl halides is 6. The lowest BCUT2D eigenvalue weighted by Crippen LogP contribution is -2.60. The van der Waals surface area contributed by atoms with Crippen molar-refractivity contribution < 1.29 is 36.2 Å². The van der Waals surface area contributed by atoms with Gasteiger partial charge in [0.25, 0.3) is 5.60 Å². The number of rotatable bonds is 0. The first-order valence-electron chi connectivity index (χ1n) is 5.59. The SMILES string of the molecule is OC1C2OC(C(F)(F)F)(C(F)(F)F)C3C[C@H]1C[C@H]23. The molecule has 104 valence electrons. The number of ether oxygens (including phenoxy) is 1. The molecule has 3 rings (SSSR count). The van der Waals surface area contributed by atoms with Crippen LogP contribution in [-0.4, -0.2) is 35.3 Å². The van der Waals surface area contributed by atoms with Crippen LogP contribution in [0.25, 0.3) is 0 Å². The van der Waals surface area contributed by atoms with Crippen molar-refractivity contribution in [1.82, 2.24) is 0 Å². The molecule has 3 fully saturated rings. The number of aliphatic hydroxyl groups is 1. The van der Waals surface area contributed by atoms with Crippen molar-refractivity contribution in [3.63, 3.8) is 0 Å². The average Bonchev–Trinajstić information content (AvgIpc) is 2.72. The third kappa shape index (κ3) is 1.18. The van der Waals surface area contributed by atoms with Gasteiger partial charge in [-0.25, -0.2) is 0 Å². The zero-order chi connectivity index (χ0) is 13.5. The fraction of sp³-hybridized carbons (Fsp3) is 1.00. The fourth-order valence-corrected chi connectivity index (χ4v) is 3.92. The highest BCUT2D eigenvalue weighted by Crippen LogP contribution is 2.67. The molecule has 5 atom stereocenters. The van der Waals surface area contributed by atoms with Gasteiger partial charge in [0.2, 0.25) is 0 Å². The molecule has 1 saturated heterocycles. The Morgan fingerprint density at radius 2 is 1.56 bits per heavy atom. The Hall–Kier alpha value is -0.500. The molecule has 0 amide bonds. The van der Waals surface area contributed by atoms with Crippen LogP contribution in [0.15, 0.2) is 0 Å². The van der Waals surface area contributed by atoms with Crippen molar-refractivity contribution in [3.05, 3.63) is 0 Å². The summed E-state index contributed by atoms with van der Waals surface area (Å²) in [6.07, 6.45) is -13.7. The van der Waals surface area contributed by atoms with E-state index in [1.807, 2.05) is 0 Å². The third-order valence-electron chi connectivity index (χ3n) is 4.58. The maximum atomic E-state index is 12.9. The molecule has 18 heavy (non-hydrogen) atoms. The molecule has 2 nitrogen and oxygen atoms in total. The predicted molar refractivity (Wildman–Crippen MR) is 45.4 cm³/mol. The van der Waals surface area contributed by atoms with Crippen molar-refractivity contribution in [2.75, 3.05) is 0 Å². The maximum Gasteiger partial charge on any atom is 0.426 e. The van der Waals surface area contributed by atoms with E-state index >= 15 is 0 Å². The Balaban J connectivity index is 2.09. The van der Waals surface area contributed by atoms with Gasteiger partial charge in [-0.1, -0.05) is 0 Å². The minimum atomic E-state index is -5.51. The molecule has 0 aromatic rings.